The van der Waals surface area contributed by atoms with Crippen LogP contribution in [0.2, 0.25) is 0 Å². The smallest absolute Gasteiger partial charge is 0.179 e. The van der Waals surface area contributed by atoms with Crippen LogP contribution in [0.1, 0.15) is 12.8 Å². The SMILES string of the molecule is O=C1CCC2=C1NCC=C2. The maximum Gasteiger partial charge on any atom is 0.179 e. The molecule has 0 radical (unpaired) electrons. The minimum atomic E-state index is 0.277. The largest absolute Gasteiger partial charge is 0.378 e. The highest BCUT2D eigenvalue weighted by atomic mass is 16.1. The summed E-state index contributed by atoms with van der Waals surface area (Å²) < 4.78 is 0. The summed E-state index contributed by atoms with van der Waals surface area (Å²) in [6, 6.07) is 0. The van der Waals surface area contributed by atoms with Crippen LogP contribution in [0.3, 0.4) is 0 Å². The molecule has 1 aliphatic heterocycles. The molecule has 10 heavy (non-hydrogen) atoms. The molecule has 0 fully saturated rings. The molecular formula is C8H9NO. The Morgan fingerprint density at radius 1 is 1.40 bits per heavy atom. The van der Waals surface area contributed by atoms with Crippen LogP contribution in [-0.4, -0.2) is 12.3 Å². The van der Waals surface area contributed by atoms with E-state index in [0.29, 0.717) is 6.42 Å². The number of Topliss-reactive ketones (excluding diaryl/α,β-unsaturated/α-hetero) is 1. The van der Waals surface area contributed by atoms with Gasteiger partial charge in [-0.15, -0.1) is 0 Å². The molecule has 1 N–H and O–H groups in total. The Labute approximate surface area is 59.6 Å². The molecule has 0 saturated heterocycles. The monoisotopic (exact) mass is 135 g/mol. The zero-order valence-corrected chi connectivity index (χ0v) is 5.68. The second kappa shape index (κ2) is 1.97. The number of carbonyl (C=O) groups is 1. The maximum atomic E-state index is 11.1. The molecule has 0 spiro atoms. The third-order valence-electron chi connectivity index (χ3n) is 1.94. The van der Waals surface area contributed by atoms with Crippen LogP contribution in [0.15, 0.2) is 23.4 Å². The van der Waals surface area contributed by atoms with E-state index in [2.05, 4.69) is 17.5 Å². The van der Waals surface area contributed by atoms with Crippen molar-refractivity contribution in [3.8, 4) is 0 Å². The predicted octanol–water partition coefficient (Wildman–Crippen LogP) is 0.763. The van der Waals surface area contributed by atoms with Crippen molar-refractivity contribution in [3.05, 3.63) is 23.4 Å². The molecule has 0 aromatic carbocycles. The van der Waals surface area contributed by atoms with Crippen LogP contribution < -0.4 is 5.32 Å². The first-order chi connectivity index (χ1) is 4.88. The van der Waals surface area contributed by atoms with E-state index < -0.39 is 0 Å². The molecule has 52 valence electrons. The van der Waals surface area contributed by atoms with E-state index in [1.807, 2.05) is 0 Å². The number of hydrogen-bond donors (Lipinski definition) is 1. The number of carbonyl (C=O) groups excluding carboxylic acids is 1. The van der Waals surface area contributed by atoms with Crippen LogP contribution in [0, 0.1) is 0 Å². The van der Waals surface area contributed by atoms with Crippen LogP contribution in [0.25, 0.3) is 0 Å². The molecule has 0 aromatic heterocycles. The first kappa shape index (κ1) is 5.71. The molecule has 2 heteroatoms. The van der Waals surface area contributed by atoms with E-state index in [9.17, 15) is 4.79 Å². The second-order valence-electron chi connectivity index (χ2n) is 2.61. The second-order valence-corrected chi connectivity index (χ2v) is 2.61. The van der Waals surface area contributed by atoms with Crippen molar-refractivity contribution in [1.82, 2.24) is 5.32 Å². The molecule has 2 aliphatic rings. The predicted molar refractivity (Wildman–Crippen MR) is 38.4 cm³/mol. The van der Waals surface area contributed by atoms with Gasteiger partial charge in [0.05, 0.1) is 5.70 Å². The Balaban J connectivity index is 2.38. The average molecular weight is 135 g/mol. The fraction of sp³-hybridized carbons (Fsp3) is 0.375. The first-order valence-electron chi connectivity index (χ1n) is 3.55. The van der Waals surface area contributed by atoms with Crippen molar-refractivity contribution < 1.29 is 4.79 Å². The fourth-order valence-electron chi connectivity index (χ4n) is 1.42. The summed E-state index contributed by atoms with van der Waals surface area (Å²) in [5, 5.41) is 3.07. The van der Waals surface area contributed by atoms with E-state index >= 15 is 0 Å². The molecule has 0 atom stereocenters. The Kier molecular flexibility index (Phi) is 1.13. The van der Waals surface area contributed by atoms with Crippen LogP contribution in [0.4, 0.5) is 0 Å². The Morgan fingerprint density at radius 3 is 3.10 bits per heavy atom. The van der Waals surface area contributed by atoms with Gasteiger partial charge in [-0.2, -0.15) is 0 Å². The van der Waals surface area contributed by atoms with E-state index in [-0.39, 0.29) is 5.78 Å². The lowest BCUT2D eigenvalue weighted by Gasteiger charge is -2.08. The Morgan fingerprint density at radius 2 is 2.30 bits per heavy atom. The van der Waals surface area contributed by atoms with Crippen molar-refractivity contribution in [1.29, 1.82) is 0 Å². The molecule has 1 aliphatic carbocycles. The van der Waals surface area contributed by atoms with Gasteiger partial charge in [0.1, 0.15) is 0 Å². The van der Waals surface area contributed by atoms with Gasteiger partial charge in [0.25, 0.3) is 0 Å². The van der Waals surface area contributed by atoms with E-state index in [1.165, 1.54) is 5.57 Å². The van der Waals surface area contributed by atoms with E-state index in [0.717, 1.165) is 18.7 Å². The van der Waals surface area contributed by atoms with Crippen molar-refractivity contribution in [3.63, 3.8) is 0 Å². The minimum Gasteiger partial charge on any atom is -0.378 e. The minimum absolute atomic E-state index is 0.277. The summed E-state index contributed by atoms with van der Waals surface area (Å²) in [7, 11) is 0. The summed E-state index contributed by atoms with van der Waals surface area (Å²) in [5.74, 6) is 0.277. The molecule has 0 saturated carbocycles. The average Bonchev–Trinajstić information content (AvgIpc) is 2.34. The van der Waals surface area contributed by atoms with Crippen LogP contribution in [-0.2, 0) is 4.79 Å². The highest BCUT2D eigenvalue weighted by molar-refractivity contribution is 5.99. The molecule has 0 bridgehead atoms. The zero-order chi connectivity index (χ0) is 6.97. The van der Waals surface area contributed by atoms with Crippen LogP contribution in [0.5, 0.6) is 0 Å². The van der Waals surface area contributed by atoms with Crippen molar-refractivity contribution >= 4 is 5.78 Å². The number of allylic oxidation sites excluding steroid dienone is 3. The van der Waals surface area contributed by atoms with Gasteiger partial charge in [-0.05, 0) is 12.0 Å². The Bertz CT molecular complexity index is 238. The van der Waals surface area contributed by atoms with Crippen molar-refractivity contribution in [2.45, 2.75) is 12.8 Å². The van der Waals surface area contributed by atoms with Gasteiger partial charge in [0.15, 0.2) is 5.78 Å². The lowest BCUT2D eigenvalue weighted by molar-refractivity contribution is -0.115. The van der Waals surface area contributed by atoms with Gasteiger partial charge in [0.2, 0.25) is 0 Å². The zero-order valence-electron chi connectivity index (χ0n) is 5.68. The van der Waals surface area contributed by atoms with Gasteiger partial charge < -0.3 is 5.32 Å². The van der Waals surface area contributed by atoms with Crippen molar-refractivity contribution in [2.24, 2.45) is 0 Å². The topological polar surface area (TPSA) is 29.1 Å². The summed E-state index contributed by atoms with van der Waals surface area (Å²) in [6.07, 6.45) is 5.73. The fourth-order valence-corrected chi connectivity index (χ4v) is 1.42. The van der Waals surface area contributed by atoms with Gasteiger partial charge in [-0.3, -0.25) is 4.79 Å². The first-order valence-corrected chi connectivity index (χ1v) is 3.55. The van der Waals surface area contributed by atoms with Crippen molar-refractivity contribution in [2.75, 3.05) is 6.54 Å². The highest BCUT2D eigenvalue weighted by Gasteiger charge is 2.21. The third-order valence-corrected chi connectivity index (χ3v) is 1.94. The molecule has 2 rings (SSSR count). The number of nitrogens with one attached hydrogen (secondary N) is 1. The Hall–Kier alpha value is -1.05. The molecule has 0 aromatic rings. The van der Waals surface area contributed by atoms with Gasteiger partial charge >= 0.3 is 0 Å². The molecule has 0 unspecified atom stereocenters. The summed E-state index contributed by atoms with van der Waals surface area (Å²) >= 11 is 0. The summed E-state index contributed by atoms with van der Waals surface area (Å²) in [6.45, 7) is 0.810. The molecular weight excluding hydrogens is 126 g/mol. The quantitative estimate of drug-likeness (QED) is 0.531. The molecule has 1 heterocycles. The highest BCUT2D eigenvalue weighted by Crippen LogP contribution is 2.23. The standard InChI is InChI=1S/C8H9NO/c10-7-4-3-6-2-1-5-9-8(6)7/h1-2,9H,3-5H2. The number of ketones is 1. The lowest BCUT2D eigenvalue weighted by atomic mass is 10.2. The molecule has 0 amide bonds. The maximum absolute atomic E-state index is 11.1. The number of dihydropyridines is 1. The van der Waals surface area contributed by atoms with E-state index in [1.54, 1.807) is 0 Å². The normalized spacial score (nSPS) is 23.0. The summed E-state index contributed by atoms with van der Waals surface area (Å²) in [5.41, 5.74) is 2.05. The number of hydrogen-bond acceptors (Lipinski definition) is 2. The van der Waals surface area contributed by atoms with Gasteiger partial charge in [-0.25, -0.2) is 0 Å². The van der Waals surface area contributed by atoms with E-state index in [4.69, 9.17) is 0 Å². The number of rotatable bonds is 0. The summed E-state index contributed by atoms with van der Waals surface area (Å²) in [4.78, 5) is 11.1. The lowest BCUT2D eigenvalue weighted by Crippen LogP contribution is -2.20. The molecule has 2 nitrogen and oxygen atoms in total. The third kappa shape index (κ3) is 0.685. The van der Waals surface area contributed by atoms with Crippen LogP contribution >= 0.6 is 0 Å². The van der Waals surface area contributed by atoms with Gasteiger partial charge in [-0.1, -0.05) is 12.2 Å². The van der Waals surface area contributed by atoms with Gasteiger partial charge in [0, 0.05) is 13.0 Å².